The Morgan fingerprint density at radius 2 is 2.00 bits per heavy atom. The first-order valence-electron chi connectivity index (χ1n) is 8.45. The summed E-state index contributed by atoms with van der Waals surface area (Å²) in [5, 5.41) is 6.85. The van der Waals surface area contributed by atoms with Crippen molar-refractivity contribution in [1.29, 1.82) is 0 Å². The van der Waals surface area contributed by atoms with E-state index >= 15 is 0 Å². The molecule has 2 aliphatic rings. The van der Waals surface area contributed by atoms with Gasteiger partial charge in [0.1, 0.15) is 12.4 Å². The Morgan fingerprint density at radius 1 is 1.23 bits per heavy atom. The SMILES string of the molecule is CN=C(NCCOc1ccccc1)NCC1(C2CC2)CCC1. The minimum atomic E-state index is 0.568. The Balaban J connectivity index is 1.35. The first-order valence-corrected chi connectivity index (χ1v) is 8.45. The van der Waals surface area contributed by atoms with Gasteiger partial charge < -0.3 is 15.4 Å². The highest BCUT2D eigenvalue weighted by Gasteiger charge is 2.48. The molecule has 2 fully saturated rings. The van der Waals surface area contributed by atoms with Crippen molar-refractivity contribution in [2.45, 2.75) is 32.1 Å². The van der Waals surface area contributed by atoms with Crippen LogP contribution in [-0.2, 0) is 0 Å². The second kappa shape index (κ2) is 7.03. The maximum atomic E-state index is 5.68. The van der Waals surface area contributed by atoms with E-state index in [-0.39, 0.29) is 0 Å². The summed E-state index contributed by atoms with van der Waals surface area (Å²) in [6, 6.07) is 9.91. The highest BCUT2D eigenvalue weighted by atomic mass is 16.5. The molecular weight excluding hydrogens is 274 g/mol. The van der Waals surface area contributed by atoms with E-state index in [4.69, 9.17) is 4.74 Å². The van der Waals surface area contributed by atoms with Crippen LogP contribution in [0.5, 0.6) is 5.75 Å². The summed E-state index contributed by atoms with van der Waals surface area (Å²) in [4.78, 5) is 4.31. The van der Waals surface area contributed by atoms with E-state index in [2.05, 4.69) is 15.6 Å². The van der Waals surface area contributed by atoms with Gasteiger partial charge in [-0.05, 0) is 49.1 Å². The fourth-order valence-corrected chi connectivity index (χ4v) is 3.39. The zero-order chi connectivity index (χ0) is 15.3. The standard InChI is InChI=1S/C18H27N3O/c1-19-17(20-12-13-22-16-6-3-2-4-7-16)21-14-18(10-5-11-18)15-8-9-15/h2-4,6-7,15H,5,8-14H2,1H3,(H2,19,20,21). The fraction of sp³-hybridized carbons (Fsp3) is 0.611. The van der Waals surface area contributed by atoms with Crippen molar-refractivity contribution >= 4 is 5.96 Å². The van der Waals surface area contributed by atoms with Crippen molar-refractivity contribution in [2.75, 3.05) is 26.7 Å². The molecule has 0 aliphatic heterocycles. The van der Waals surface area contributed by atoms with Crippen LogP contribution in [0, 0.1) is 11.3 Å². The number of benzene rings is 1. The lowest BCUT2D eigenvalue weighted by molar-refractivity contribution is 0.106. The Hall–Kier alpha value is -1.71. The molecule has 1 aromatic carbocycles. The molecule has 0 unspecified atom stereocenters. The lowest BCUT2D eigenvalue weighted by Crippen LogP contribution is -2.48. The van der Waals surface area contributed by atoms with Crippen molar-refractivity contribution in [3.8, 4) is 5.75 Å². The first kappa shape index (κ1) is 15.2. The summed E-state index contributed by atoms with van der Waals surface area (Å²) in [5.74, 6) is 2.77. The Labute approximate surface area is 133 Å². The quantitative estimate of drug-likeness (QED) is 0.462. The predicted octanol–water partition coefficient (Wildman–Crippen LogP) is 2.81. The molecule has 0 atom stereocenters. The number of nitrogens with zero attached hydrogens (tertiary/aromatic N) is 1. The van der Waals surface area contributed by atoms with Crippen LogP contribution in [0.25, 0.3) is 0 Å². The van der Waals surface area contributed by atoms with Gasteiger partial charge in [-0.15, -0.1) is 0 Å². The molecule has 4 nitrogen and oxygen atoms in total. The fourth-order valence-electron chi connectivity index (χ4n) is 3.39. The number of para-hydroxylation sites is 1. The van der Waals surface area contributed by atoms with Crippen LogP contribution in [0.4, 0.5) is 0 Å². The van der Waals surface area contributed by atoms with Crippen molar-refractivity contribution in [2.24, 2.45) is 16.3 Å². The lowest BCUT2D eigenvalue weighted by atomic mass is 9.65. The van der Waals surface area contributed by atoms with Crippen LogP contribution in [0.1, 0.15) is 32.1 Å². The topological polar surface area (TPSA) is 45.7 Å². The van der Waals surface area contributed by atoms with E-state index in [0.717, 1.165) is 30.7 Å². The summed E-state index contributed by atoms with van der Waals surface area (Å²) in [6.07, 6.45) is 7.03. The van der Waals surface area contributed by atoms with Gasteiger partial charge in [0.2, 0.25) is 0 Å². The Kier molecular flexibility index (Phi) is 4.86. The summed E-state index contributed by atoms with van der Waals surface area (Å²) in [6.45, 7) is 2.46. The molecular formula is C18H27N3O. The summed E-state index contributed by atoms with van der Waals surface area (Å²) >= 11 is 0. The third-order valence-corrected chi connectivity index (χ3v) is 5.03. The molecule has 2 N–H and O–H groups in total. The van der Waals surface area contributed by atoms with Gasteiger partial charge in [-0.25, -0.2) is 0 Å². The molecule has 0 spiro atoms. The molecule has 2 aliphatic carbocycles. The summed E-state index contributed by atoms with van der Waals surface area (Å²) < 4.78 is 5.68. The summed E-state index contributed by atoms with van der Waals surface area (Å²) in [5.41, 5.74) is 0.568. The van der Waals surface area contributed by atoms with Gasteiger partial charge in [0.15, 0.2) is 5.96 Å². The molecule has 0 heterocycles. The average molecular weight is 301 g/mol. The number of hydrogen-bond acceptors (Lipinski definition) is 2. The lowest BCUT2D eigenvalue weighted by Gasteiger charge is -2.43. The maximum Gasteiger partial charge on any atom is 0.191 e. The van der Waals surface area contributed by atoms with Crippen molar-refractivity contribution in [3.63, 3.8) is 0 Å². The number of guanidine groups is 1. The molecule has 0 saturated heterocycles. The van der Waals surface area contributed by atoms with Crippen LogP contribution in [0.3, 0.4) is 0 Å². The monoisotopic (exact) mass is 301 g/mol. The summed E-state index contributed by atoms with van der Waals surface area (Å²) in [7, 11) is 1.83. The minimum absolute atomic E-state index is 0.568. The maximum absolute atomic E-state index is 5.68. The number of rotatable bonds is 7. The number of aliphatic imine (C=N–C) groups is 1. The van der Waals surface area contributed by atoms with Gasteiger partial charge in [0.05, 0.1) is 6.54 Å². The van der Waals surface area contributed by atoms with Crippen molar-refractivity contribution < 1.29 is 4.74 Å². The Morgan fingerprint density at radius 3 is 2.59 bits per heavy atom. The zero-order valence-corrected chi connectivity index (χ0v) is 13.5. The normalized spacial score (nSPS) is 20.1. The molecule has 3 rings (SSSR count). The number of hydrogen-bond donors (Lipinski definition) is 2. The van der Waals surface area contributed by atoms with Crippen LogP contribution >= 0.6 is 0 Å². The van der Waals surface area contributed by atoms with Gasteiger partial charge in [-0.2, -0.15) is 0 Å². The van der Waals surface area contributed by atoms with Gasteiger partial charge in [-0.1, -0.05) is 24.6 Å². The first-order chi connectivity index (χ1) is 10.8. The molecule has 22 heavy (non-hydrogen) atoms. The van der Waals surface area contributed by atoms with Gasteiger partial charge in [0, 0.05) is 13.6 Å². The van der Waals surface area contributed by atoms with E-state index in [1.54, 1.807) is 0 Å². The van der Waals surface area contributed by atoms with Crippen LogP contribution in [0.15, 0.2) is 35.3 Å². The smallest absolute Gasteiger partial charge is 0.191 e. The van der Waals surface area contributed by atoms with E-state index in [9.17, 15) is 0 Å². The third kappa shape index (κ3) is 3.73. The average Bonchev–Trinajstić information content (AvgIpc) is 3.34. The molecule has 0 radical (unpaired) electrons. The molecule has 0 aromatic heterocycles. The van der Waals surface area contributed by atoms with Crippen molar-refractivity contribution in [1.82, 2.24) is 10.6 Å². The second-order valence-corrected chi connectivity index (χ2v) is 6.50. The molecule has 2 saturated carbocycles. The predicted molar refractivity (Wildman–Crippen MR) is 90.3 cm³/mol. The molecule has 1 aromatic rings. The van der Waals surface area contributed by atoms with E-state index < -0.39 is 0 Å². The number of ether oxygens (including phenoxy) is 1. The molecule has 0 amide bonds. The van der Waals surface area contributed by atoms with Crippen molar-refractivity contribution in [3.05, 3.63) is 30.3 Å². The van der Waals surface area contributed by atoms with E-state index in [1.165, 1.54) is 32.1 Å². The van der Waals surface area contributed by atoms with Gasteiger partial charge >= 0.3 is 0 Å². The van der Waals surface area contributed by atoms with Crippen LogP contribution in [-0.4, -0.2) is 32.7 Å². The molecule has 4 heteroatoms. The second-order valence-electron chi connectivity index (χ2n) is 6.50. The zero-order valence-electron chi connectivity index (χ0n) is 13.5. The largest absolute Gasteiger partial charge is 0.492 e. The van der Waals surface area contributed by atoms with Crippen LogP contribution in [0.2, 0.25) is 0 Å². The van der Waals surface area contributed by atoms with E-state index in [0.29, 0.717) is 12.0 Å². The van der Waals surface area contributed by atoms with Gasteiger partial charge in [0.25, 0.3) is 0 Å². The van der Waals surface area contributed by atoms with Crippen LogP contribution < -0.4 is 15.4 Å². The molecule has 0 bridgehead atoms. The highest BCUT2D eigenvalue weighted by molar-refractivity contribution is 5.79. The van der Waals surface area contributed by atoms with E-state index in [1.807, 2.05) is 37.4 Å². The third-order valence-electron chi connectivity index (χ3n) is 5.03. The minimum Gasteiger partial charge on any atom is -0.492 e. The Bertz CT molecular complexity index is 492. The number of nitrogens with one attached hydrogen (secondary N) is 2. The highest BCUT2D eigenvalue weighted by Crippen LogP contribution is 2.56. The van der Waals surface area contributed by atoms with Gasteiger partial charge in [-0.3, -0.25) is 4.99 Å². The molecule has 120 valence electrons.